The maximum absolute atomic E-state index is 12.7. The second-order valence-corrected chi connectivity index (χ2v) is 9.49. The van der Waals surface area contributed by atoms with Crippen molar-refractivity contribution in [3.63, 3.8) is 0 Å². The van der Waals surface area contributed by atoms with Crippen LogP contribution >= 0.6 is 11.6 Å². The third-order valence-corrected chi connectivity index (χ3v) is 7.05. The minimum Gasteiger partial charge on any atom is -0.486 e. The molecule has 4 rings (SSSR count). The molecule has 2 aromatic carbocycles. The van der Waals surface area contributed by atoms with Crippen LogP contribution in [0.15, 0.2) is 47.4 Å². The molecular formula is C21H23ClN2O5S. The van der Waals surface area contributed by atoms with Crippen molar-refractivity contribution < 1.29 is 22.7 Å². The molecule has 0 aromatic heterocycles. The van der Waals surface area contributed by atoms with Crippen molar-refractivity contribution >= 4 is 27.5 Å². The Morgan fingerprint density at radius 2 is 1.80 bits per heavy atom. The van der Waals surface area contributed by atoms with Crippen LogP contribution in [0, 0.1) is 0 Å². The maximum atomic E-state index is 12.7. The molecule has 2 aliphatic rings. The standard InChI is InChI=1S/C21H23ClN2O5S/c22-18-12-15(13-19-21(18)29-11-10-28-19)14-20(25)24-8-6-16(7-9-24)23-30(26,27)17-4-2-1-3-5-17/h1-5,12-13,16,23H,6-11,14H2. The van der Waals surface area contributed by atoms with Gasteiger partial charge >= 0.3 is 0 Å². The lowest BCUT2D eigenvalue weighted by Crippen LogP contribution is -2.46. The van der Waals surface area contributed by atoms with E-state index in [0.29, 0.717) is 55.7 Å². The molecule has 0 bridgehead atoms. The zero-order valence-corrected chi connectivity index (χ0v) is 17.9. The highest BCUT2D eigenvalue weighted by molar-refractivity contribution is 7.89. The predicted molar refractivity (Wildman–Crippen MR) is 113 cm³/mol. The van der Waals surface area contributed by atoms with Crippen molar-refractivity contribution in [3.8, 4) is 11.5 Å². The third-order valence-electron chi connectivity index (χ3n) is 5.23. The molecule has 0 spiro atoms. The average molecular weight is 451 g/mol. The molecule has 2 aromatic rings. The largest absolute Gasteiger partial charge is 0.486 e. The van der Waals surface area contributed by atoms with E-state index >= 15 is 0 Å². The Labute approximate surface area is 181 Å². The molecule has 30 heavy (non-hydrogen) atoms. The Hall–Kier alpha value is -2.29. The summed E-state index contributed by atoms with van der Waals surface area (Å²) in [5.74, 6) is 1.06. The lowest BCUT2D eigenvalue weighted by molar-refractivity contribution is -0.131. The van der Waals surface area contributed by atoms with Gasteiger partial charge in [0.25, 0.3) is 0 Å². The topological polar surface area (TPSA) is 84.9 Å². The fraction of sp³-hybridized carbons (Fsp3) is 0.381. The fourth-order valence-corrected chi connectivity index (χ4v) is 5.30. The predicted octanol–water partition coefficient (Wildman–Crippen LogP) is 2.62. The first-order chi connectivity index (χ1) is 14.4. The van der Waals surface area contributed by atoms with Crippen molar-refractivity contribution in [3.05, 3.63) is 53.1 Å². The van der Waals surface area contributed by atoms with Gasteiger partial charge in [-0.3, -0.25) is 4.79 Å². The normalized spacial score (nSPS) is 17.0. The first-order valence-electron chi connectivity index (χ1n) is 9.85. The lowest BCUT2D eigenvalue weighted by Gasteiger charge is -2.32. The number of halogens is 1. The zero-order valence-electron chi connectivity index (χ0n) is 16.3. The molecule has 7 nitrogen and oxygen atoms in total. The summed E-state index contributed by atoms with van der Waals surface area (Å²) in [6.07, 6.45) is 1.34. The summed E-state index contributed by atoms with van der Waals surface area (Å²) in [5, 5.41) is 0.434. The van der Waals surface area contributed by atoms with Crippen LogP contribution in [0.25, 0.3) is 0 Å². The summed E-state index contributed by atoms with van der Waals surface area (Å²) < 4.78 is 38.8. The Bertz CT molecular complexity index is 1020. The second-order valence-electron chi connectivity index (χ2n) is 7.37. The van der Waals surface area contributed by atoms with Crippen LogP contribution in [-0.2, 0) is 21.2 Å². The smallest absolute Gasteiger partial charge is 0.240 e. The second kappa shape index (κ2) is 8.83. The van der Waals surface area contributed by atoms with Gasteiger partial charge in [0.2, 0.25) is 15.9 Å². The van der Waals surface area contributed by atoms with Gasteiger partial charge < -0.3 is 14.4 Å². The summed E-state index contributed by atoms with van der Waals surface area (Å²) in [6, 6.07) is 11.6. The number of carbonyl (C=O) groups excluding carboxylic acids is 1. The van der Waals surface area contributed by atoms with Crippen molar-refractivity contribution in [2.75, 3.05) is 26.3 Å². The van der Waals surface area contributed by atoms with E-state index in [9.17, 15) is 13.2 Å². The Balaban J connectivity index is 1.33. The molecule has 0 aliphatic carbocycles. The van der Waals surface area contributed by atoms with Gasteiger partial charge in [0, 0.05) is 19.1 Å². The van der Waals surface area contributed by atoms with Crippen molar-refractivity contribution in [1.29, 1.82) is 0 Å². The first-order valence-corrected chi connectivity index (χ1v) is 11.7. The number of piperidine rings is 1. The number of rotatable bonds is 5. The van der Waals surface area contributed by atoms with Gasteiger partial charge in [-0.2, -0.15) is 0 Å². The van der Waals surface area contributed by atoms with Crippen LogP contribution in [0.3, 0.4) is 0 Å². The summed E-state index contributed by atoms with van der Waals surface area (Å²) in [7, 11) is -3.55. The van der Waals surface area contributed by atoms with Gasteiger partial charge in [-0.1, -0.05) is 29.8 Å². The van der Waals surface area contributed by atoms with E-state index in [4.69, 9.17) is 21.1 Å². The number of benzene rings is 2. The molecule has 1 N–H and O–H groups in total. The molecule has 1 saturated heterocycles. The molecule has 0 saturated carbocycles. The van der Waals surface area contributed by atoms with Gasteiger partial charge in [-0.15, -0.1) is 0 Å². The van der Waals surface area contributed by atoms with Gasteiger partial charge in [-0.25, -0.2) is 13.1 Å². The van der Waals surface area contributed by atoms with Gasteiger partial charge in [-0.05, 0) is 42.7 Å². The molecule has 0 unspecified atom stereocenters. The number of amides is 1. The third kappa shape index (κ3) is 4.71. The first kappa shape index (κ1) is 21.0. The van der Waals surface area contributed by atoms with Gasteiger partial charge in [0.15, 0.2) is 11.5 Å². The molecule has 1 fully saturated rings. The lowest BCUT2D eigenvalue weighted by atomic mass is 10.0. The van der Waals surface area contributed by atoms with E-state index in [1.807, 2.05) is 0 Å². The van der Waals surface area contributed by atoms with E-state index in [1.54, 1.807) is 47.4 Å². The van der Waals surface area contributed by atoms with E-state index in [-0.39, 0.29) is 23.3 Å². The molecule has 0 radical (unpaired) electrons. The van der Waals surface area contributed by atoms with Crippen LogP contribution < -0.4 is 14.2 Å². The maximum Gasteiger partial charge on any atom is 0.240 e. The van der Waals surface area contributed by atoms with Crippen molar-refractivity contribution in [2.24, 2.45) is 0 Å². The molecular weight excluding hydrogens is 428 g/mol. The quantitative estimate of drug-likeness (QED) is 0.756. The molecule has 2 heterocycles. The SMILES string of the molecule is O=C(Cc1cc(Cl)c2c(c1)OCCO2)N1CCC(NS(=O)(=O)c2ccccc2)CC1. The Kier molecular flexibility index (Phi) is 6.17. The molecule has 1 amide bonds. The number of likely N-dealkylation sites (tertiary alicyclic amines) is 1. The number of hydrogen-bond acceptors (Lipinski definition) is 5. The molecule has 160 valence electrons. The summed E-state index contributed by atoms with van der Waals surface area (Å²) in [4.78, 5) is 14.7. The zero-order chi connectivity index (χ0) is 21.1. The highest BCUT2D eigenvalue weighted by atomic mass is 35.5. The van der Waals surface area contributed by atoms with E-state index in [1.165, 1.54) is 0 Å². The number of fused-ring (bicyclic) bond motifs is 1. The minimum atomic E-state index is -3.55. The molecule has 2 aliphatic heterocycles. The number of hydrogen-bond donors (Lipinski definition) is 1. The van der Waals surface area contributed by atoms with Crippen LogP contribution in [0.1, 0.15) is 18.4 Å². The number of nitrogens with one attached hydrogen (secondary N) is 1. The fourth-order valence-electron chi connectivity index (χ4n) is 3.69. The van der Waals surface area contributed by atoms with E-state index in [2.05, 4.69) is 4.72 Å². The van der Waals surface area contributed by atoms with Gasteiger partial charge in [0.1, 0.15) is 13.2 Å². The monoisotopic (exact) mass is 450 g/mol. The van der Waals surface area contributed by atoms with Crippen molar-refractivity contribution in [2.45, 2.75) is 30.2 Å². The summed E-state index contributed by atoms with van der Waals surface area (Å²) in [6.45, 7) is 1.90. The summed E-state index contributed by atoms with van der Waals surface area (Å²) in [5.41, 5.74) is 0.765. The van der Waals surface area contributed by atoms with E-state index in [0.717, 1.165) is 5.56 Å². The van der Waals surface area contributed by atoms with E-state index < -0.39 is 10.0 Å². The van der Waals surface area contributed by atoms with Gasteiger partial charge in [0.05, 0.1) is 16.3 Å². The highest BCUT2D eigenvalue weighted by Gasteiger charge is 2.27. The summed E-state index contributed by atoms with van der Waals surface area (Å²) >= 11 is 6.25. The number of ether oxygens (including phenoxy) is 2. The molecule has 0 atom stereocenters. The molecule has 9 heteroatoms. The van der Waals surface area contributed by atoms with Crippen molar-refractivity contribution in [1.82, 2.24) is 9.62 Å². The van der Waals surface area contributed by atoms with Crippen LogP contribution in [0.4, 0.5) is 0 Å². The Morgan fingerprint density at radius 3 is 2.53 bits per heavy atom. The van der Waals surface area contributed by atoms with Crippen LogP contribution in [0.5, 0.6) is 11.5 Å². The number of sulfonamides is 1. The minimum absolute atomic E-state index is 0.0212. The van der Waals surface area contributed by atoms with Crippen LogP contribution in [0.2, 0.25) is 5.02 Å². The number of carbonyl (C=O) groups is 1. The average Bonchev–Trinajstić information content (AvgIpc) is 2.75. The highest BCUT2D eigenvalue weighted by Crippen LogP contribution is 2.38. The number of nitrogens with zero attached hydrogens (tertiary/aromatic N) is 1. The van der Waals surface area contributed by atoms with Crippen LogP contribution in [-0.4, -0.2) is 51.6 Å². The Morgan fingerprint density at radius 1 is 1.10 bits per heavy atom.